The van der Waals surface area contributed by atoms with Crippen molar-refractivity contribution in [3.05, 3.63) is 59.4 Å². The van der Waals surface area contributed by atoms with E-state index in [1.807, 2.05) is 24.3 Å². The zero-order valence-electron chi connectivity index (χ0n) is 14.7. The van der Waals surface area contributed by atoms with Crippen molar-refractivity contribution < 1.29 is 9.59 Å². The summed E-state index contributed by atoms with van der Waals surface area (Å²) in [4.78, 5) is 33.0. The SMILES string of the molecule is CCCCN(C)C(=O)c1cncc(C(=O)N2CCc3ccccc32)c1. The normalized spacial score (nSPS) is 12.8. The van der Waals surface area contributed by atoms with E-state index < -0.39 is 0 Å². The number of pyridine rings is 1. The van der Waals surface area contributed by atoms with Gasteiger partial charge in [-0.05, 0) is 30.5 Å². The van der Waals surface area contributed by atoms with Gasteiger partial charge in [-0.15, -0.1) is 0 Å². The number of carbonyl (C=O) groups is 2. The summed E-state index contributed by atoms with van der Waals surface area (Å²) in [6, 6.07) is 9.58. The Morgan fingerprint density at radius 2 is 1.96 bits per heavy atom. The van der Waals surface area contributed by atoms with E-state index in [9.17, 15) is 9.59 Å². The number of nitrogens with zero attached hydrogens (tertiary/aromatic N) is 3. The topological polar surface area (TPSA) is 53.5 Å². The van der Waals surface area contributed by atoms with Crippen LogP contribution in [0.1, 0.15) is 46.0 Å². The second-order valence-electron chi connectivity index (χ2n) is 6.38. The summed E-state index contributed by atoms with van der Waals surface area (Å²) in [7, 11) is 1.78. The molecule has 2 heterocycles. The van der Waals surface area contributed by atoms with Crippen molar-refractivity contribution in [2.24, 2.45) is 0 Å². The molecule has 130 valence electrons. The summed E-state index contributed by atoms with van der Waals surface area (Å²) >= 11 is 0. The van der Waals surface area contributed by atoms with Gasteiger partial charge in [0.05, 0.1) is 11.1 Å². The molecule has 0 saturated carbocycles. The molecule has 0 bridgehead atoms. The summed E-state index contributed by atoms with van der Waals surface area (Å²) < 4.78 is 0. The quantitative estimate of drug-likeness (QED) is 0.842. The summed E-state index contributed by atoms with van der Waals surface area (Å²) in [5, 5.41) is 0. The third-order valence-corrected chi connectivity index (χ3v) is 4.56. The molecule has 5 heteroatoms. The minimum Gasteiger partial charge on any atom is -0.342 e. The highest BCUT2D eigenvalue weighted by Crippen LogP contribution is 2.28. The maximum absolute atomic E-state index is 12.9. The third-order valence-electron chi connectivity index (χ3n) is 4.56. The number of benzene rings is 1. The standard InChI is InChI=1S/C20H23N3O2/c1-3-4-10-22(2)19(24)16-12-17(14-21-13-16)20(25)23-11-9-15-7-5-6-8-18(15)23/h5-8,12-14H,3-4,9-11H2,1-2H3. The molecule has 3 rings (SSSR count). The molecule has 1 aliphatic rings. The van der Waals surface area contributed by atoms with E-state index >= 15 is 0 Å². The Bertz CT molecular complexity index is 788. The van der Waals surface area contributed by atoms with Crippen molar-refractivity contribution in [3.8, 4) is 0 Å². The fourth-order valence-corrected chi connectivity index (χ4v) is 3.10. The van der Waals surface area contributed by atoms with Crippen molar-refractivity contribution in [2.45, 2.75) is 26.2 Å². The highest BCUT2D eigenvalue weighted by atomic mass is 16.2. The van der Waals surface area contributed by atoms with Crippen LogP contribution < -0.4 is 4.90 Å². The molecule has 0 radical (unpaired) electrons. The number of anilines is 1. The van der Waals surface area contributed by atoms with Gasteiger partial charge in [-0.3, -0.25) is 14.6 Å². The first kappa shape index (κ1) is 17.1. The van der Waals surface area contributed by atoms with Crippen LogP contribution in [0.2, 0.25) is 0 Å². The Balaban J connectivity index is 1.80. The van der Waals surface area contributed by atoms with Crippen LogP contribution in [0.25, 0.3) is 0 Å². The van der Waals surface area contributed by atoms with Crippen molar-refractivity contribution in [1.29, 1.82) is 0 Å². The molecule has 5 nitrogen and oxygen atoms in total. The van der Waals surface area contributed by atoms with E-state index in [2.05, 4.69) is 11.9 Å². The van der Waals surface area contributed by atoms with Crippen molar-refractivity contribution in [3.63, 3.8) is 0 Å². The smallest absolute Gasteiger partial charge is 0.259 e. The first-order valence-electron chi connectivity index (χ1n) is 8.72. The van der Waals surface area contributed by atoms with Crippen LogP contribution >= 0.6 is 0 Å². The van der Waals surface area contributed by atoms with Gasteiger partial charge in [-0.25, -0.2) is 0 Å². The lowest BCUT2D eigenvalue weighted by Crippen LogP contribution is -2.30. The molecule has 1 aromatic heterocycles. The monoisotopic (exact) mass is 337 g/mol. The van der Waals surface area contributed by atoms with E-state index in [0.29, 0.717) is 24.2 Å². The van der Waals surface area contributed by atoms with Crippen molar-refractivity contribution in [2.75, 3.05) is 25.0 Å². The largest absolute Gasteiger partial charge is 0.342 e. The number of aromatic nitrogens is 1. The van der Waals surface area contributed by atoms with E-state index in [4.69, 9.17) is 0 Å². The molecule has 2 aromatic rings. The Kier molecular flexibility index (Phi) is 5.12. The van der Waals surface area contributed by atoms with Crippen LogP contribution in [0.15, 0.2) is 42.7 Å². The molecular weight excluding hydrogens is 314 g/mol. The number of unbranched alkanes of at least 4 members (excludes halogenated alkanes) is 1. The van der Waals surface area contributed by atoms with Crippen molar-refractivity contribution in [1.82, 2.24) is 9.88 Å². The lowest BCUT2D eigenvalue weighted by molar-refractivity contribution is 0.0793. The third kappa shape index (κ3) is 3.55. The highest BCUT2D eigenvalue weighted by molar-refractivity contribution is 6.08. The zero-order valence-corrected chi connectivity index (χ0v) is 14.7. The number of fused-ring (bicyclic) bond motifs is 1. The number of amides is 2. The predicted octanol–water partition coefficient (Wildman–Crippen LogP) is 3.16. The van der Waals surface area contributed by atoms with E-state index in [1.54, 1.807) is 22.9 Å². The number of hydrogen-bond acceptors (Lipinski definition) is 3. The van der Waals surface area contributed by atoms with Gasteiger partial charge in [0, 0.05) is 38.2 Å². The summed E-state index contributed by atoms with van der Waals surface area (Å²) in [5.41, 5.74) is 3.03. The number of hydrogen-bond donors (Lipinski definition) is 0. The molecule has 0 N–H and O–H groups in total. The molecule has 0 unspecified atom stereocenters. The Labute approximate surface area is 148 Å². The minimum absolute atomic E-state index is 0.0996. The summed E-state index contributed by atoms with van der Waals surface area (Å²) in [6.45, 7) is 3.45. The number of carbonyl (C=O) groups excluding carboxylic acids is 2. The van der Waals surface area contributed by atoms with Crippen molar-refractivity contribution >= 4 is 17.5 Å². The number of rotatable bonds is 5. The van der Waals surface area contributed by atoms with Crippen LogP contribution in [0.5, 0.6) is 0 Å². The van der Waals surface area contributed by atoms with Gasteiger partial charge in [0.25, 0.3) is 11.8 Å². The van der Waals surface area contributed by atoms with Gasteiger partial charge >= 0.3 is 0 Å². The Hall–Kier alpha value is -2.69. The lowest BCUT2D eigenvalue weighted by atomic mass is 10.1. The first-order chi connectivity index (χ1) is 12.1. The van der Waals surface area contributed by atoms with Gasteiger partial charge < -0.3 is 9.80 Å². The minimum atomic E-state index is -0.108. The van der Waals surface area contributed by atoms with Gasteiger partial charge in [0.15, 0.2) is 0 Å². The van der Waals surface area contributed by atoms with Crippen LogP contribution in [-0.4, -0.2) is 41.8 Å². The first-order valence-corrected chi connectivity index (χ1v) is 8.72. The van der Waals surface area contributed by atoms with Crippen LogP contribution in [0.4, 0.5) is 5.69 Å². The molecule has 0 spiro atoms. The second-order valence-corrected chi connectivity index (χ2v) is 6.38. The van der Waals surface area contributed by atoms with Gasteiger partial charge in [-0.2, -0.15) is 0 Å². The van der Waals surface area contributed by atoms with E-state index in [-0.39, 0.29) is 11.8 Å². The zero-order chi connectivity index (χ0) is 17.8. The summed E-state index contributed by atoms with van der Waals surface area (Å²) in [6.07, 6.45) is 5.90. The molecule has 0 aliphatic carbocycles. The lowest BCUT2D eigenvalue weighted by Gasteiger charge is -2.19. The van der Waals surface area contributed by atoms with Gasteiger partial charge in [0.2, 0.25) is 0 Å². The molecular formula is C20H23N3O2. The number of para-hydroxylation sites is 1. The van der Waals surface area contributed by atoms with Gasteiger partial charge in [-0.1, -0.05) is 31.5 Å². The molecule has 0 atom stereocenters. The fraction of sp³-hybridized carbons (Fsp3) is 0.350. The van der Waals surface area contributed by atoms with E-state index in [0.717, 1.165) is 24.9 Å². The Morgan fingerprint density at radius 1 is 1.20 bits per heavy atom. The fourth-order valence-electron chi connectivity index (χ4n) is 3.10. The van der Waals surface area contributed by atoms with Gasteiger partial charge in [0.1, 0.15) is 0 Å². The second kappa shape index (κ2) is 7.47. The average Bonchev–Trinajstić information content (AvgIpc) is 3.09. The Morgan fingerprint density at radius 3 is 2.76 bits per heavy atom. The maximum Gasteiger partial charge on any atom is 0.259 e. The molecule has 25 heavy (non-hydrogen) atoms. The van der Waals surface area contributed by atoms with Crippen LogP contribution in [-0.2, 0) is 6.42 Å². The predicted molar refractivity (Wildman–Crippen MR) is 97.9 cm³/mol. The maximum atomic E-state index is 12.9. The van der Waals surface area contributed by atoms with E-state index in [1.165, 1.54) is 18.0 Å². The summed E-state index contributed by atoms with van der Waals surface area (Å²) in [5.74, 6) is -0.208. The highest BCUT2D eigenvalue weighted by Gasteiger charge is 2.26. The van der Waals surface area contributed by atoms with Crippen LogP contribution in [0, 0.1) is 0 Å². The molecule has 1 aromatic carbocycles. The molecule has 0 fully saturated rings. The molecule has 0 saturated heterocycles. The average molecular weight is 337 g/mol. The van der Waals surface area contributed by atoms with Crippen LogP contribution in [0.3, 0.4) is 0 Å². The molecule has 1 aliphatic heterocycles. The molecule has 2 amide bonds.